The molecule has 2 rings (SSSR count). The predicted molar refractivity (Wildman–Crippen MR) is 79.0 cm³/mol. The third-order valence-corrected chi connectivity index (χ3v) is 4.10. The van der Waals surface area contributed by atoms with E-state index in [-0.39, 0.29) is 0 Å². The van der Waals surface area contributed by atoms with Gasteiger partial charge in [-0.3, -0.25) is 4.79 Å². The number of hydrogen-bond acceptors (Lipinski definition) is 2. The predicted octanol–water partition coefficient (Wildman–Crippen LogP) is 3.66. The molecule has 0 radical (unpaired) electrons. The van der Waals surface area contributed by atoms with Gasteiger partial charge >= 0.3 is 0 Å². The molecule has 0 heterocycles. The number of benzene rings is 1. The second-order valence-electron chi connectivity index (χ2n) is 5.77. The molecule has 0 atom stereocenters. The van der Waals surface area contributed by atoms with Crippen molar-refractivity contribution in [1.29, 1.82) is 0 Å². The first-order valence-electron chi connectivity index (χ1n) is 7.51. The molecule has 0 unspecified atom stereocenters. The minimum absolute atomic E-state index is 0.360. The summed E-state index contributed by atoms with van der Waals surface area (Å²) in [6, 6.07) is 10.4. The van der Waals surface area contributed by atoms with E-state index in [1.807, 2.05) is 6.07 Å². The average molecular weight is 259 g/mol. The summed E-state index contributed by atoms with van der Waals surface area (Å²) in [7, 11) is 2.10. The highest BCUT2D eigenvalue weighted by atomic mass is 16.1. The molecule has 1 aromatic carbocycles. The summed E-state index contributed by atoms with van der Waals surface area (Å²) >= 11 is 0. The van der Waals surface area contributed by atoms with Gasteiger partial charge in [0.15, 0.2) is 0 Å². The molecule has 1 aliphatic rings. The lowest BCUT2D eigenvalue weighted by molar-refractivity contribution is -0.124. The van der Waals surface area contributed by atoms with Crippen LogP contribution < -0.4 is 0 Å². The molecule has 0 amide bonds. The number of ketones is 1. The van der Waals surface area contributed by atoms with Gasteiger partial charge in [-0.2, -0.15) is 0 Å². The Labute approximate surface area is 116 Å². The third-order valence-electron chi connectivity index (χ3n) is 4.10. The van der Waals surface area contributed by atoms with Crippen LogP contribution in [0.25, 0.3) is 0 Å². The second kappa shape index (κ2) is 7.44. The maximum atomic E-state index is 12.1. The number of hydrogen-bond donors (Lipinski definition) is 0. The Morgan fingerprint density at radius 3 is 2.53 bits per heavy atom. The molecule has 1 fully saturated rings. The largest absolute Gasteiger partial charge is 0.302 e. The van der Waals surface area contributed by atoms with Crippen LogP contribution in [0.15, 0.2) is 30.3 Å². The molecule has 0 aliphatic heterocycles. The van der Waals surface area contributed by atoms with Crippen molar-refractivity contribution in [2.75, 3.05) is 13.6 Å². The van der Waals surface area contributed by atoms with Gasteiger partial charge in [-0.15, -0.1) is 0 Å². The van der Waals surface area contributed by atoms with E-state index < -0.39 is 0 Å². The van der Waals surface area contributed by atoms with Crippen LogP contribution in [0.2, 0.25) is 0 Å². The van der Waals surface area contributed by atoms with Crippen molar-refractivity contribution in [2.45, 2.75) is 45.1 Å². The molecule has 1 aliphatic carbocycles. The molecule has 0 spiro atoms. The Kier molecular flexibility index (Phi) is 5.59. The molecule has 1 saturated carbocycles. The number of carbonyl (C=O) groups excluding carboxylic acids is 1. The molecule has 0 saturated heterocycles. The summed E-state index contributed by atoms with van der Waals surface area (Å²) in [5.41, 5.74) is 1.31. The fourth-order valence-corrected chi connectivity index (χ4v) is 2.90. The van der Waals surface area contributed by atoms with E-state index in [1.54, 1.807) is 0 Å². The van der Waals surface area contributed by atoms with E-state index in [1.165, 1.54) is 24.8 Å². The van der Waals surface area contributed by atoms with Crippen molar-refractivity contribution in [1.82, 2.24) is 4.90 Å². The highest BCUT2D eigenvalue weighted by Crippen LogP contribution is 2.25. The summed E-state index contributed by atoms with van der Waals surface area (Å²) < 4.78 is 0. The van der Waals surface area contributed by atoms with Gasteiger partial charge < -0.3 is 4.90 Å². The molecule has 0 N–H and O–H groups in total. The van der Waals surface area contributed by atoms with Crippen molar-refractivity contribution in [3.8, 4) is 0 Å². The minimum atomic E-state index is 0.360. The zero-order valence-electron chi connectivity index (χ0n) is 12.0. The van der Waals surface area contributed by atoms with Crippen LogP contribution in [0, 0.1) is 5.92 Å². The number of nitrogens with zero attached hydrogens (tertiary/aromatic N) is 1. The van der Waals surface area contributed by atoms with Crippen LogP contribution >= 0.6 is 0 Å². The summed E-state index contributed by atoms with van der Waals surface area (Å²) in [4.78, 5) is 14.4. The highest BCUT2D eigenvalue weighted by molar-refractivity contribution is 5.81. The summed E-state index contributed by atoms with van der Waals surface area (Å²) in [6.07, 6.45) is 6.78. The van der Waals surface area contributed by atoms with Crippen LogP contribution in [-0.2, 0) is 11.3 Å². The normalized spacial score (nSPS) is 16.7. The topological polar surface area (TPSA) is 20.3 Å². The molecule has 19 heavy (non-hydrogen) atoms. The standard InChI is InChI=1S/C17H25NO/c1-18(14-15-8-4-2-5-9-15)13-12-17(19)16-10-6-3-7-11-16/h2,4-5,8-9,16H,3,6-7,10-14H2,1H3. The van der Waals surface area contributed by atoms with Crippen LogP contribution in [-0.4, -0.2) is 24.3 Å². The third kappa shape index (κ3) is 4.79. The van der Waals surface area contributed by atoms with Crippen molar-refractivity contribution < 1.29 is 4.79 Å². The Hall–Kier alpha value is -1.15. The van der Waals surface area contributed by atoms with E-state index >= 15 is 0 Å². The van der Waals surface area contributed by atoms with E-state index in [0.29, 0.717) is 18.1 Å². The fraction of sp³-hybridized carbons (Fsp3) is 0.588. The summed E-state index contributed by atoms with van der Waals surface area (Å²) in [6.45, 7) is 1.81. The minimum Gasteiger partial charge on any atom is -0.302 e. The van der Waals surface area contributed by atoms with E-state index in [0.717, 1.165) is 25.9 Å². The van der Waals surface area contributed by atoms with E-state index in [2.05, 4.69) is 36.2 Å². The van der Waals surface area contributed by atoms with Crippen molar-refractivity contribution >= 4 is 5.78 Å². The molecule has 2 heteroatoms. The lowest BCUT2D eigenvalue weighted by Gasteiger charge is -2.22. The quantitative estimate of drug-likeness (QED) is 0.777. The van der Waals surface area contributed by atoms with Crippen molar-refractivity contribution in [3.63, 3.8) is 0 Å². The van der Waals surface area contributed by atoms with E-state index in [4.69, 9.17) is 0 Å². The SMILES string of the molecule is CN(CCC(=O)C1CCCCC1)Cc1ccccc1. The van der Waals surface area contributed by atoms with Crippen LogP contribution in [0.1, 0.15) is 44.1 Å². The maximum absolute atomic E-state index is 12.1. The molecule has 104 valence electrons. The first kappa shape index (κ1) is 14.3. The van der Waals surface area contributed by atoms with Gasteiger partial charge in [0, 0.05) is 25.4 Å². The number of rotatable bonds is 6. The van der Waals surface area contributed by atoms with Crippen molar-refractivity contribution in [3.05, 3.63) is 35.9 Å². The lowest BCUT2D eigenvalue weighted by atomic mass is 9.85. The van der Waals surface area contributed by atoms with Crippen LogP contribution in [0.5, 0.6) is 0 Å². The highest BCUT2D eigenvalue weighted by Gasteiger charge is 2.20. The lowest BCUT2D eigenvalue weighted by Crippen LogP contribution is -2.25. The molecular formula is C17H25NO. The smallest absolute Gasteiger partial charge is 0.137 e. The first-order chi connectivity index (χ1) is 9.25. The Morgan fingerprint density at radius 2 is 1.84 bits per heavy atom. The van der Waals surface area contributed by atoms with Gasteiger partial charge in [0.2, 0.25) is 0 Å². The Morgan fingerprint density at radius 1 is 1.16 bits per heavy atom. The summed E-state index contributed by atoms with van der Waals surface area (Å²) in [5.74, 6) is 0.846. The first-order valence-corrected chi connectivity index (χ1v) is 7.51. The molecule has 2 nitrogen and oxygen atoms in total. The van der Waals surface area contributed by atoms with E-state index in [9.17, 15) is 4.79 Å². The summed E-state index contributed by atoms with van der Waals surface area (Å²) in [5, 5.41) is 0. The monoisotopic (exact) mass is 259 g/mol. The van der Waals surface area contributed by atoms with Crippen LogP contribution in [0.3, 0.4) is 0 Å². The van der Waals surface area contributed by atoms with Crippen LogP contribution in [0.4, 0.5) is 0 Å². The second-order valence-corrected chi connectivity index (χ2v) is 5.77. The Balaban J connectivity index is 1.71. The zero-order chi connectivity index (χ0) is 13.5. The fourth-order valence-electron chi connectivity index (χ4n) is 2.90. The average Bonchev–Trinajstić information content (AvgIpc) is 2.47. The van der Waals surface area contributed by atoms with Gasteiger partial charge in [0.25, 0.3) is 0 Å². The molecular weight excluding hydrogens is 234 g/mol. The van der Waals surface area contributed by atoms with Gasteiger partial charge in [-0.25, -0.2) is 0 Å². The number of Topliss-reactive ketones (excluding diaryl/α,β-unsaturated/α-hetero) is 1. The van der Waals surface area contributed by atoms with Gasteiger partial charge in [-0.05, 0) is 25.5 Å². The van der Waals surface area contributed by atoms with Gasteiger partial charge in [0.1, 0.15) is 5.78 Å². The zero-order valence-corrected chi connectivity index (χ0v) is 12.0. The van der Waals surface area contributed by atoms with Gasteiger partial charge in [0.05, 0.1) is 0 Å². The molecule has 1 aromatic rings. The maximum Gasteiger partial charge on any atom is 0.137 e. The number of carbonyl (C=O) groups is 1. The Bertz CT molecular complexity index is 382. The molecule has 0 bridgehead atoms. The molecule has 0 aromatic heterocycles. The van der Waals surface area contributed by atoms with Crippen molar-refractivity contribution in [2.24, 2.45) is 5.92 Å². The van der Waals surface area contributed by atoms with Gasteiger partial charge in [-0.1, -0.05) is 49.6 Å².